The van der Waals surface area contributed by atoms with Crippen molar-refractivity contribution in [3.8, 4) is 5.75 Å². The Morgan fingerprint density at radius 2 is 1.94 bits per heavy atom. The van der Waals surface area contributed by atoms with Gasteiger partial charge in [-0.3, -0.25) is 0 Å². The van der Waals surface area contributed by atoms with Gasteiger partial charge in [0.25, 0.3) is 5.92 Å². The molecule has 0 radical (unpaired) electrons. The molecule has 2 N–H and O–H groups in total. The number of halogens is 3. The molecule has 2 nitrogen and oxygen atoms in total. The zero-order valence-electron chi connectivity index (χ0n) is 10.1. The molecule has 0 atom stereocenters. The van der Waals surface area contributed by atoms with Gasteiger partial charge >= 0.3 is 0 Å². The average molecular weight is 264 g/mol. The molecule has 0 aliphatic carbocycles. The molecule has 0 heterocycles. The third-order valence-corrected chi connectivity index (χ3v) is 3.19. The molecular formula is C12H16ClF2NO. The normalized spacial score (nSPS) is 12.6. The monoisotopic (exact) mass is 263 g/mol. The molecule has 0 saturated heterocycles. The van der Waals surface area contributed by atoms with Gasteiger partial charge in [-0.1, -0.05) is 25.4 Å². The summed E-state index contributed by atoms with van der Waals surface area (Å²) in [6.45, 7) is 2.68. The van der Waals surface area contributed by atoms with Gasteiger partial charge in [0.05, 0.1) is 12.1 Å². The minimum Gasteiger partial charge on any atom is -0.497 e. The Morgan fingerprint density at radius 3 is 2.35 bits per heavy atom. The summed E-state index contributed by atoms with van der Waals surface area (Å²) in [7, 11) is 1.45. The molecule has 17 heavy (non-hydrogen) atoms. The number of nitrogens with two attached hydrogens (primary N) is 1. The number of rotatable bonds is 4. The Bertz CT molecular complexity index is 407. The third-order valence-electron chi connectivity index (χ3n) is 2.87. The van der Waals surface area contributed by atoms with Gasteiger partial charge in [0, 0.05) is 17.5 Å². The van der Waals surface area contributed by atoms with E-state index in [1.807, 2.05) is 0 Å². The predicted octanol–water partition coefficient (Wildman–Crippen LogP) is 3.43. The fourth-order valence-electron chi connectivity index (χ4n) is 1.37. The van der Waals surface area contributed by atoms with Crippen LogP contribution in [-0.4, -0.2) is 13.7 Å². The Labute approximate surface area is 105 Å². The molecule has 0 fully saturated rings. The van der Waals surface area contributed by atoms with Crippen molar-refractivity contribution in [1.82, 2.24) is 0 Å². The summed E-state index contributed by atoms with van der Waals surface area (Å²) in [4.78, 5) is 0. The fraction of sp³-hybridized carbons (Fsp3) is 0.500. The maximum atomic E-state index is 14.2. The molecule has 0 aromatic heterocycles. The lowest BCUT2D eigenvalue weighted by atomic mass is 9.81. The Morgan fingerprint density at radius 1 is 1.35 bits per heavy atom. The van der Waals surface area contributed by atoms with Gasteiger partial charge in [0.2, 0.25) is 0 Å². The van der Waals surface area contributed by atoms with E-state index in [0.717, 1.165) is 0 Å². The fourth-order valence-corrected chi connectivity index (χ4v) is 1.66. The topological polar surface area (TPSA) is 35.2 Å². The summed E-state index contributed by atoms with van der Waals surface area (Å²) in [6, 6.07) is 4.11. The molecule has 0 amide bonds. The van der Waals surface area contributed by atoms with E-state index in [9.17, 15) is 8.78 Å². The van der Waals surface area contributed by atoms with Gasteiger partial charge < -0.3 is 10.5 Å². The van der Waals surface area contributed by atoms with Gasteiger partial charge in [-0.25, -0.2) is 8.78 Å². The molecule has 1 aromatic carbocycles. The molecule has 0 aliphatic rings. The van der Waals surface area contributed by atoms with Crippen LogP contribution in [0.5, 0.6) is 5.75 Å². The van der Waals surface area contributed by atoms with Crippen LogP contribution in [-0.2, 0) is 5.92 Å². The van der Waals surface area contributed by atoms with Crippen molar-refractivity contribution in [3.05, 3.63) is 28.8 Å². The van der Waals surface area contributed by atoms with Gasteiger partial charge in [-0.15, -0.1) is 0 Å². The van der Waals surface area contributed by atoms with E-state index in [1.165, 1.54) is 39.2 Å². The second-order valence-electron chi connectivity index (χ2n) is 4.51. The van der Waals surface area contributed by atoms with Crippen molar-refractivity contribution in [3.63, 3.8) is 0 Å². The summed E-state index contributed by atoms with van der Waals surface area (Å²) in [5.41, 5.74) is 3.81. The molecule has 1 aromatic rings. The Balaban J connectivity index is 3.24. The lowest BCUT2D eigenvalue weighted by Crippen LogP contribution is -2.40. The highest BCUT2D eigenvalue weighted by Gasteiger charge is 2.48. The summed E-state index contributed by atoms with van der Waals surface area (Å²) >= 11 is 5.85. The number of alkyl halides is 2. The van der Waals surface area contributed by atoms with Crippen LogP contribution in [0.2, 0.25) is 5.02 Å². The number of hydrogen-bond acceptors (Lipinski definition) is 2. The second-order valence-corrected chi connectivity index (χ2v) is 4.92. The van der Waals surface area contributed by atoms with Crippen LogP contribution in [0.3, 0.4) is 0 Å². The summed E-state index contributed by atoms with van der Waals surface area (Å²) in [5, 5.41) is -0.0177. The molecule has 0 bridgehead atoms. The molecule has 0 spiro atoms. The van der Waals surface area contributed by atoms with Crippen molar-refractivity contribution in [2.75, 3.05) is 13.7 Å². The standard InChI is InChI=1S/C12H16ClF2NO/c1-11(2,7-16)12(14,15)9-5-4-8(17-3)6-10(9)13/h4-6H,7,16H2,1-3H3. The van der Waals surface area contributed by atoms with Crippen molar-refractivity contribution in [2.24, 2.45) is 11.1 Å². The minimum atomic E-state index is -3.09. The molecule has 1 rings (SSSR count). The average Bonchev–Trinajstić information content (AvgIpc) is 2.28. The van der Waals surface area contributed by atoms with Gasteiger partial charge in [0.15, 0.2) is 0 Å². The largest absolute Gasteiger partial charge is 0.497 e. The van der Waals surface area contributed by atoms with E-state index in [-0.39, 0.29) is 17.1 Å². The van der Waals surface area contributed by atoms with Gasteiger partial charge in [-0.05, 0) is 18.2 Å². The zero-order chi connectivity index (χ0) is 13.3. The Kier molecular flexibility index (Phi) is 3.99. The van der Waals surface area contributed by atoms with Crippen LogP contribution >= 0.6 is 11.6 Å². The number of methoxy groups -OCH3 is 1. The maximum absolute atomic E-state index is 14.2. The van der Waals surface area contributed by atoms with Gasteiger partial charge in [0.1, 0.15) is 5.75 Å². The van der Waals surface area contributed by atoms with Crippen molar-refractivity contribution in [1.29, 1.82) is 0 Å². The summed E-state index contributed by atoms with van der Waals surface area (Å²) in [6.07, 6.45) is 0. The second kappa shape index (κ2) is 4.78. The molecule has 0 saturated carbocycles. The number of hydrogen-bond donors (Lipinski definition) is 1. The number of ether oxygens (including phenoxy) is 1. The third kappa shape index (κ3) is 2.53. The molecule has 96 valence electrons. The minimum absolute atomic E-state index is 0.0177. The summed E-state index contributed by atoms with van der Waals surface area (Å²) < 4.78 is 33.4. The van der Waals surface area contributed by atoms with E-state index >= 15 is 0 Å². The quantitative estimate of drug-likeness (QED) is 0.903. The zero-order valence-corrected chi connectivity index (χ0v) is 10.8. The van der Waals surface area contributed by atoms with E-state index in [4.69, 9.17) is 22.1 Å². The van der Waals surface area contributed by atoms with Crippen LogP contribution in [0.1, 0.15) is 19.4 Å². The van der Waals surface area contributed by atoms with Crippen LogP contribution in [0.15, 0.2) is 18.2 Å². The lowest BCUT2D eigenvalue weighted by Gasteiger charge is -2.33. The highest BCUT2D eigenvalue weighted by Crippen LogP contribution is 2.47. The van der Waals surface area contributed by atoms with E-state index in [2.05, 4.69) is 0 Å². The maximum Gasteiger partial charge on any atom is 0.280 e. The molecular weight excluding hydrogens is 248 g/mol. The molecule has 0 unspecified atom stereocenters. The smallest absolute Gasteiger partial charge is 0.280 e. The van der Waals surface area contributed by atoms with E-state index in [1.54, 1.807) is 0 Å². The van der Waals surface area contributed by atoms with E-state index in [0.29, 0.717) is 5.75 Å². The van der Waals surface area contributed by atoms with Crippen molar-refractivity contribution < 1.29 is 13.5 Å². The molecule has 0 aliphatic heterocycles. The first-order chi connectivity index (χ1) is 7.76. The van der Waals surface area contributed by atoms with Gasteiger partial charge in [-0.2, -0.15) is 0 Å². The highest BCUT2D eigenvalue weighted by atomic mass is 35.5. The van der Waals surface area contributed by atoms with Crippen molar-refractivity contribution >= 4 is 11.6 Å². The van der Waals surface area contributed by atoms with Crippen LogP contribution in [0.25, 0.3) is 0 Å². The van der Waals surface area contributed by atoms with E-state index < -0.39 is 11.3 Å². The Hall–Kier alpha value is -0.870. The first-order valence-electron chi connectivity index (χ1n) is 5.18. The lowest BCUT2D eigenvalue weighted by molar-refractivity contribution is -0.108. The number of benzene rings is 1. The molecule has 5 heteroatoms. The van der Waals surface area contributed by atoms with Crippen LogP contribution in [0, 0.1) is 5.41 Å². The predicted molar refractivity (Wildman–Crippen MR) is 64.7 cm³/mol. The highest BCUT2D eigenvalue weighted by molar-refractivity contribution is 6.31. The van der Waals surface area contributed by atoms with Crippen molar-refractivity contribution in [2.45, 2.75) is 19.8 Å². The summed E-state index contributed by atoms with van der Waals surface area (Å²) in [5.74, 6) is -2.65. The first-order valence-corrected chi connectivity index (χ1v) is 5.56. The van der Waals surface area contributed by atoms with Crippen LogP contribution in [0.4, 0.5) is 8.78 Å². The SMILES string of the molecule is COc1ccc(C(F)(F)C(C)(C)CN)c(Cl)c1. The first kappa shape index (κ1) is 14.2. The van der Waals surface area contributed by atoms with Crippen LogP contribution < -0.4 is 10.5 Å².